The molecule has 1 aromatic heterocycles. The Morgan fingerprint density at radius 3 is 2.78 bits per heavy atom. The van der Waals surface area contributed by atoms with E-state index < -0.39 is 0 Å². The molecule has 1 fully saturated rings. The van der Waals surface area contributed by atoms with Gasteiger partial charge in [-0.1, -0.05) is 12.8 Å². The first-order valence-electron chi connectivity index (χ1n) is 6.22. The molecular formula is C13H15FN4. The van der Waals surface area contributed by atoms with Gasteiger partial charge in [0.05, 0.1) is 5.56 Å². The summed E-state index contributed by atoms with van der Waals surface area (Å²) < 4.78 is 13.7. The first-order chi connectivity index (χ1) is 8.74. The van der Waals surface area contributed by atoms with Crippen molar-refractivity contribution in [2.45, 2.75) is 31.6 Å². The quantitative estimate of drug-likeness (QED) is 0.800. The summed E-state index contributed by atoms with van der Waals surface area (Å²) in [6.07, 6.45) is 4.74. The van der Waals surface area contributed by atoms with Crippen LogP contribution < -0.4 is 5.73 Å². The molecule has 0 amide bonds. The SMILES string of the molecule is Nc1ccc(-c2n[nH]c(C3CCCC3)n2)c(F)c1. The highest BCUT2D eigenvalue weighted by Crippen LogP contribution is 2.33. The molecule has 3 N–H and O–H groups in total. The molecule has 0 unspecified atom stereocenters. The highest BCUT2D eigenvalue weighted by atomic mass is 19.1. The third kappa shape index (κ3) is 1.96. The molecule has 0 atom stereocenters. The number of H-pyrrole nitrogens is 1. The second-order valence-electron chi connectivity index (χ2n) is 4.76. The van der Waals surface area contributed by atoms with Crippen LogP contribution in [0.25, 0.3) is 11.4 Å². The fourth-order valence-electron chi connectivity index (χ4n) is 2.49. The second kappa shape index (κ2) is 4.40. The van der Waals surface area contributed by atoms with Crippen molar-refractivity contribution in [2.75, 3.05) is 5.73 Å². The van der Waals surface area contributed by atoms with Gasteiger partial charge in [0.2, 0.25) is 0 Å². The predicted octanol–water partition coefficient (Wildman–Crippen LogP) is 2.85. The van der Waals surface area contributed by atoms with Crippen LogP contribution in [0.4, 0.5) is 10.1 Å². The van der Waals surface area contributed by atoms with E-state index in [1.807, 2.05) is 0 Å². The van der Waals surface area contributed by atoms with Crippen molar-refractivity contribution >= 4 is 5.69 Å². The molecule has 0 spiro atoms. The number of benzene rings is 1. The van der Waals surface area contributed by atoms with Gasteiger partial charge in [0.15, 0.2) is 5.82 Å². The molecule has 0 radical (unpaired) electrons. The maximum absolute atomic E-state index is 13.7. The van der Waals surface area contributed by atoms with Gasteiger partial charge in [0.25, 0.3) is 0 Å². The molecule has 0 aliphatic heterocycles. The number of anilines is 1. The van der Waals surface area contributed by atoms with Gasteiger partial charge >= 0.3 is 0 Å². The third-order valence-corrected chi connectivity index (χ3v) is 3.48. The summed E-state index contributed by atoms with van der Waals surface area (Å²) in [5.74, 6) is 1.35. The number of nitrogens with two attached hydrogens (primary N) is 1. The Morgan fingerprint density at radius 2 is 2.06 bits per heavy atom. The minimum Gasteiger partial charge on any atom is -0.399 e. The van der Waals surface area contributed by atoms with Crippen molar-refractivity contribution in [2.24, 2.45) is 0 Å². The Balaban J connectivity index is 1.92. The van der Waals surface area contributed by atoms with Crippen molar-refractivity contribution in [3.05, 3.63) is 29.8 Å². The lowest BCUT2D eigenvalue weighted by atomic mass is 10.1. The number of rotatable bonds is 2. The van der Waals surface area contributed by atoms with Crippen LogP contribution >= 0.6 is 0 Å². The van der Waals surface area contributed by atoms with E-state index in [0.717, 1.165) is 18.7 Å². The maximum Gasteiger partial charge on any atom is 0.184 e. The van der Waals surface area contributed by atoms with Gasteiger partial charge in [-0.2, -0.15) is 5.10 Å². The molecule has 94 valence electrons. The van der Waals surface area contributed by atoms with Gasteiger partial charge in [-0.15, -0.1) is 0 Å². The summed E-state index contributed by atoms with van der Waals surface area (Å²) in [5.41, 5.74) is 6.32. The first kappa shape index (κ1) is 11.2. The van der Waals surface area contributed by atoms with Crippen molar-refractivity contribution < 1.29 is 4.39 Å². The van der Waals surface area contributed by atoms with Crippen LogP contribution in [0, 0.1) is 5.82 Å². The lowest BCUT2D eigenvalue weighted by molar-refractivity contribution is 0.630. The molecule has 2 aromatic rings. The van der Waals surface area contributed by atoms with E-state index in [-0.39, 0.29) is 5.82 Å². The highest BCUT2D eigenvalue weighted by Gasteiger charge is 2.21. The lowest BCUT2D eigenvalue weighted by Gasteiger charge is -2.02. The lowest BCUT2D eigenvalue weighted by Crippen LogP contribution is -1.95. The molecule has 4 nitrogen and oxygen atoms in total. The van der Waals surface area contributed by atoms with Gasteiger partial charge in [-0.25, -0.2) is 9.37 Å². The maximum atomic E-state index is 13.7. The molecule has 1 heterocycles. The average Bonchev–Trinajstić information content (AvgIpc) is 2.99. The molecule has 18 heavy (non-hydrogen) atoms. The van der Waals surface area contributed by atoms with E-state index >= 15 is 0 Å². The number of hydrogen-bond acceptors (Lipinski definition) is 3. The van der Waals surface area contributed by atoms with E-state index in [9.17, 15) is 4.39 Å². The summed E-state index contributed by atoms with van der Waals surface area (Å²) in [4.78, 5) is 4.41. The largest absolute Gasteiger partial charge is 0.399 e. The number of nitrogens with one attached hydrogen (secondary N) is 1. The van der Waals surface area contributed by atoms with Crippen LogP contribution in [-0.4, -0.2) is 15.2 Å². The standard InChI is InChI=1S/C13H15FN4/c14-11-7-9(15)5-6-10(11)13-16-12(17-18-13)8-3-1-2-4-8/h5-8H,1-4,15H2,(H,16,17,18). The number of halogens is 1. The van der Waals surface area contributed by atoms with Crippen molar-refractivity contribution in [1.29, 1.82) is 0 Å². The van der Waals surface area contributed by atoms with Gasteiger partial charge in [0.1, 0.15) is 11.6 Å². The average molecular weight is 246 g/mol. The monoisotopic (exact) mass is 246 g/mol. The van der Waals surface area contributed by atoms with Crippen LogP contribution in [0.2, 0.25) is 0 Å². The fraction of sp³-hybridized carbons (Fsp3) is 0.385. The molecular weight excluding hydrogens is 231 g/mol. The molecule has 1 aliphatic carbocycles. The zero-order chi connectivity index (χ0) is 12.5. The van der Waals surface area contributed by atoms with E-state index in [0.29, 0.717) is 23.0 Å². The molecule has 1 aromatic carbocycles. The van der Waals surface area contributed by atoms with Crippen LogP contribution in [0.5, 0.6) is 0 Å². The summed E-state index contributed by atoms with van der Waals surface area (Å²) in [6.45, 7) is 0. The topological polar surface area (TPSA) is 67.6 Å². The summed E-state index contributed by atoms with van der Waals surface area (Å²) in [7, 11) is 0. The van der Waals surface area contributed by atoms with Crippen LogP contribution in [0.1, 0.15) is 37.4 Å². The minimum absolute atomic E-state index is 0.382. The number of aromatic nitrogens is 3. The fourth-order valence-corrected chi connectivity index (χ4v) is 2.49. The van der Waals surface area contributed by atoms with Crippen LogP contribution in [-0.2, 0) is 0 Å². The van der Waals surface area contributed by atoms with E-state index in [1.165, 1.54) is 18.9 Å². The van der Waals surface area contributed by atoms with Gasteiger partial charge < -0.3 is 5.73 Å². The highest BCUT2D eigenvalue weighted by molar-refractivity contribution is 5.59. The van der Waals surface area contributed by atoms with Gasteiger partial charge in [-0.3, -0.25) is 5.10 Å². The van der Waals surface area contributed by atoms with E-state index in [2.05, 4.69) is 15.2 Å². The molecule has 5 heteroatoms. The van der Waals surface area contributed by atoms with Gasteiger partial charge in [-0.05, 0) is 31.0 Å². The van der Waals surface area contributed by atoms with Crippen molar-refractivity contribution in [1.82, 2.24) is 15.2 Å². The second-order valence-corrected chi connectivity index (χ2v) is 4.76. The Labute approximate surface area is 104 Å². The van der Waals surface area contributed by atoms with Gasteiger partial charge in [0, 0.05) is 11.6 Å². The molecule has 1 aliphatic rings. The van der Waals surface area contributed by atoms with E-state index in [1.54, 1.807) is 12.1 Å². The molecule has 3 rings (SSSR count). The normalized spacial score (nSPS) is 16.3. The number of nitrogen functional groups attached to an aromatic ring is 1. The Hall–Kier alpha value is -1.91. The third-order valence-electron chi connectivity index (χ3n) is 3.48. The number of nitrogens with zero attached hydrogens (tertiary/aromatic N) is 2. The van der Waals surface area contributed by atoms with Crippen molar-refractivity contribution in [3.8, 4) is 11.4 Å². The van der Waals surface area contributed by atoms with Crippen LogP contribution in [0.15, 0.2) is 18.2 Å². The Bertz CT molecular complexity index is 558. The smallest absolute Gasteiger partial charge is 0.184 e. The first-order valence-corrected chi connectivity index (χ1v) is 6.22. The summed E-state index contributed by atoms with van der Waals surface area (Å²) in [5, 5.41) is 7.03. The van der Waals surface area contributed by atoms with E-state index in [4.69, 9.17) is 5.73 Å². The Kier molecular flexibility index (Phi) is 2.74. The van der Waals surface area contributed by atoms with Crippen molar-refractivity contribution in [3.63, 3.8) is 0 Å². The minimum atomic E-state index is -0.382. The number of aromatic amines is 1. The Morgan fingerprint density at radius 1 is 1.28 bits per heavy atom. The number of hydrogen-bond donors (Lipinski definition) is 2. The summed E-state index contributed by atoms with van der Waals surface area (Å²) in [6, 6.07) is 4.57. The predicted molar refractivity (Wildman–Crippen MR) is 67.4 cm³/mol. The zero-order valence-electron chi connectivity index (χ0n) is 9.99. The zero-order valence-corrected chi connectivity index (χ0v) is 9.99. The molecule has 0 saturated heterocycles. The summed E-state index contributed by atoms with van der Waals surface area (Å²) >= 11 is 0. The molecule has 1 saturated carbocycles. The molecule has 0 bridgehead atoms. The van der Waals surface area contributed by atoms with Crippen LogP contribution in [0.3, 0.4) is 0 Å².